The Morgan fingerprint density at radius 1 is 1.19 bits per heavy atom. The first-order valence-corrected chi connectivity index (χ1v) is 10.7. The number of nitrogens with zero attached hydrogens (tertiary/aromatic N) is 2. The van der Waals surface area contributed by atoms with Crippen LogP contribution in [0.15, 0.2) is 39.9 Å². The maximum absolute atomic E-state index is 11.0. The molecule has 3 N–H and O–H groups in total. The van der Waals surface area contributed by atoms with Gasteiger partial charge in [0.05, 0.1) is 12.8 Å². The van der Waals surface area contributed by atoms with Gasteiger partial charge in [-0.3, -0.25) is 0 Å². The molecule has 0 aliphatic rings. The van der Waals surface area contributed by atoms with Crippen molar-refractivity contribution in [2.45, 2.75) is 26.8 Å². The van der Waals surface area contributed by atoms with E-state index in [0.29, 0.717) is 37.9 Å². The normalized spacial score (nSPS) is 12.2. The summed E-state index contributed by atoms with van der Waals surface area (Å²) < 4.78 is 30.1. The molecule has 1 aromatic carbocycles. The van der Waals surface area contributed by atoms with Crippen LogP contribution in [0, 0.1) is 6.92 Å². The van der Waals surface area contributed by atoms with Gasteiger partial charge in [0, 0.05) is 25.2 Å². The Balaban J connectivity index is 1.87. The zero-order valence-electron chi connectivity index (χ0n) is 15.9. The third-order valence-corrected chi connectivity index (χ3v) is 4.33. The number of rotatable bonds is 9. The summed E-state index contributed by atoms with van der Waals surface area (Å²) in [5.41, 5.74) is 2.85. The predicted molar refractivity (Wildman–Crippen MR) is 107 cm³/mol. The van der Waals surface area contributed by atoms with Crippen molar-refractivity contribution in [1.29, 1.82) is 0 Å². The average Bonchev–Trinajstić information content (AvgIpc) is 3.08. The second-order valence-electron chi connectivity index (χ2n) is 6.15. The number of hydrogen-bond donors (Lipinski definition) is 3. The number of guanidine groups is 1. The molecular weight excluding hydrogens is 366 g/mol. The fraction of sp³-hybridized carbons (Fsp3) is 0.444. The smallest absolute Gasteiger partial charge is 0.226 e. The van der Waals surface area contributed by atoms with Gasteiger partial charge in [-0.15, -0.1) is 0 Å². The van der Waals surface area contributed by atoms with E-state index >= 15 is 0 Å². The lowest BCUT2D eigenvalue weighted by Gasteiger charge is -2.10. The summed E-state index contributed by atoms with van der Waals surface area (Å²) in [6.45, 7) is 6.10. The maximum atomic E-state index is 11.0. The van der Waals surface area contributed by atoms with Crippen LogP contribution in [-0.4, -0.2) is 45.3 Å². The van der Waals surface area contributed by atoms with Gasteiger partial charge < -0.3 is 15.1 Å². The van der Waals surface area contributed by atoms with Crippen molar-refractivity contribution < 1.29 is 12.8 Å². The highest BCUT2D eigenvalue weighted by Gasteiger charge is 2.07. The SMILES string of the molecule is CCNC(=NCc1coc(-c2ccc(C)cc2)n1)NCCCNS(C)(=O)=O. The van der Waals surface area contributed by atoms with E-state index in [1.807, 2.05) is 38.1 Å². The van der Waals surface area contributed by atoms with Crippen LogP contribution in [0.25, 0.3) is 11.5 Å². The Labute approximate surface area is 160 Å². The minimum absolute atomic E-state index is 0.381. The van der Waals surface area contributed by atoms with Gasteiger partial charge in [0.2, 0.25) is 15.9 Å². The quantitative estimate of drug-likeness (QED) is 0.340. The first kappa shape index (κ1) is 20.9. The Bertz CT molecular complexity index is 844. The van der Waals surface area contributed by atoms with E-state index in [4.69, 9.17) is 4.42 Å². The minimum atomic E-state index is -3.15. The molecule has 1 aromatic heterocycles. The zero-order valence-corrected chi connectivity index (χ0v) is 16.8. The summed E-state index contributed by atoms with van der Waals surface area (Å²) in [5.74, 6) is 1.22. The molecule has 0 spiro atoms. The molecule has 0 aliphatic heterocycles. The number of nitrogens with one attached hydrogen (secondary N) is 3. The summed E-state index contributed by atoms with van der Waals surface area (Å²) in [4.78, 5) is 8.96. The lowest BCUT2D eigenvalue weighted by molar-refractivity contribution is 0.572. The van der Waals surface area contributed by atoms with Crippen molar-refractivity contribution >= 4 is 16.0 Å². The van der Waals surface area contributed by atoms with Gasteiger partial charge >= 0.3 is 0 Å². The number of hydrogen-bond acceptors (Lipinski definition) is 5. The summed E-state index contributed by atoms with van der Waals surface area (Å²) in [7, 11) is -3.15. The van der Waals surface area contributed by atoms with Crippen molar-refractivity contribution in [3.8, 4) is 11.5 Å². The van der Waals surface area contributed by atoms with Crippen molar-refractivity contribution in [2.24, 2.45) is 4.99 Å². The molecule has 1 heterocycles. The van der Waals surface area contributed by atoms with Crippen LogP contribution in [0.4, 0.5) is 0 Å². The van der Waals surface area contributed by atoms with Crippen LogP contribution in [0.2, 0.25) is 0 Å². The number of aryl methyl sites for hydroxylation is 1. The molecule has 9 heteroatoms. The molecule has 0 saturated heterocycles. The minimum Gasteiger partial charge on any atom is -0.444 e. The number of aliphatic imine (C=N–C) groups is 1. The fourth-order valence-corrected chi connectivity index (χ4v) is 2.78. The van der Waals surface area contributed by atoms with E-state index in [0.717, 1.165) is 24.1 Å². The van der Waals surface area contributed by atoms with E-state index in [9.17, 15) is 8.42 Å². The number of oxazole rings is 1. The number of benzene rings is 1. The average molecular weight is 394 g/mol. The van der Waals surface area contributed by atoms with Crippen molar-refractivity contribution in [3.63, 3.8) is 0 Å². The van der Waals surface area contributed by atoms with Gasteiger partial charge in [0.1, 0.15) is 12.0 Å². The van der Waals surface area contributed by atoms with Crippen LogP contribution >= 0.6 is 0 Å². The van der Waals surface area contributed by atoms with Gasteiger partial charge in [0.15, 0.2) is 5.96 Å². The maximum Gasteiger partial charge on any atom is 0.226 e. The summed E-state index contributed by atoms with van der Waals surface area (Å²) in [6.07, 6.45) is 3.41. The van der Waals surface area contributed by atoms with Crippen LogP contribution < -0.4 is 15.4 Å². The van der Waals surface area contributed by atoms with E-state index < -0.39 is 10.0 Å². The van der Waals surface area contributed by atoms with E-state index in [1.165, 1.54) is 5.56 Å². The number of sulfonamides is 1. The third kappa shape index (κ3) is 7.79. The fourth-order valence-electron chi connectivity index (χ4n) is 2.26. The molecule has 27 heavy (non-hydrogen) atoms. The summed E-state index contributed by atoms with van der Waals surface area (Å²) >= 11 is 0. The van der Waals surface area contributed by atoms with Crippen LogP contribution in [0.1, 0.15) is 24.6 Å². The molecule has 0 amide bonds. The molecule has 148 valence electrons. The van der Waals surface area contributed by atoms with Crippen molar-refractivity contribution in [3.05, 3.63) is 41.8 Å². The van der Waals surface area contributed by atoms with E-state index in [2.05, 4.69) is 25.3 Å². The molecule has 2 rings (SSSR count). The Morgan fingerprint density at radius 3 is 2.59 bits per heavy atom. The Morgan fingerprint density at radius 2 is 1.93 bits per heavy atom. The second-order valence-corrected chi connectivity index (χ2v) is 7.99. The highest BCUT2D eigenvalue weighted by Crippen LogP contribution is 2.19. The summed E-state index contributed by atoms with van der Waals surface area (Å²) in [5, 5.41) is 6.31. The lowest BCUT2D eigenvalue weighted by Crippen LogP contribution is -2.38. The molecule has 0 radical (unpaired) electrons. The predicted octanol–water partition coefficient (Wildman–Crippen LogP) is 1.64. The third-order valence-electron chi connectivity index (χ3n) is 3.60. The first-order chi connectivity index (χ1) is 12.9. The molecule has 2 aromatic rings. The topological polar surface area (TPSA) is 109 Å². The summed E-state index contributed by atoms with van der Waals surface area (Å²) in [6, 6.07) is 7.99. The monoisotopic (exact) mass is 393 g/mol. The molecule has 0 aliphatic carbocycles. The van der Waals surface area contributed by atoms with Gasteiger partial charge in [-0.1, -0.05) is 17.7 Å². The highest BCUT2D eigenvalue weighted by molar-refractivity contribution is 7.88. The molecular formula is C18H27N5O3S. The van der Waals surface area contributed by atoms with Crippen molar-refractivity contribution in [1.82, 2.24) is 20.3 Å². The van der Waals surface area contributed by atoms with E-state index in [1.54, 1.807) is 6.26 Å². The Hall–Kier alpha value is -2.39. The largest absolute Gasteiger partial charge is 0.444 e. The van der Waals surface area contributed by atoms with Crippen molar-refractivity contribution in [2.75, 3.05) is 25.9 Å². The van der Waals surface area contributed by atoms with E-state index in [-0.39, 0.29) is 0 Å². The molecule has 0 unspecified atom stereocenters. The van der Waals surface area contributed by atoms with Crippen LogP contribution in [0.3, 0.4) is 0 Å². The molecule has 8 nitrogen and oxygen atoms in total. The first-order valence-electron chi connectivity index (χ1n) is 8.85. The van der Waals surface area contributed by atoms with Gasteiger partial charge in [0.25, 0.3) is 0 Å². The standard InChI is InChI=1S/C18H27N5O3S/c1-4-19-18(20-10-5-11-22-27(3,24)25)21-12-16-13-26-17(23-16)15-8-6-14(2)7-9-15/h6-9,13,22H,4-5,10-12H2,1-3H3,(H2,19,20,21). The molecule has 0 bridgehead atoms. The van der Waals surface area contributed by atoms with Gasteiger partial charge in [-0.25, -0.2) is 23.1 Å². The molecule has 0 atom stereocenters. The second kappa shape index (κ2) is 10.1. The van der Waals surface area contributed by atoms with Gasteiger partial charge in [-0.05, 0) is 32.4 Å². The Kier molecular flexibility index (Phi) is 7.81. The van der Waals surface area contributed by atoms with Crippen LogP contribution in [0.5, 0.6) is 0 Å². The number of aromatic nitrogens is 1. The highest BCUT2D eigenvalue weighted by atomic mass is 32.2. The molecule has 0 fully saturated rings. The van der Waals surface area contributed by atoms with Crippen LogP contribution in [-0.2, 0) is 16.6 Å². The lowest BCUT2D eigenvalue weighted by atomic mass is 10.1. The molecule has 0 saturated carbocycles. The zero-order chi connectivity index (χ0) is 19.7. The van der Waals surface area contributed by atoms with Gasteiger partial charge in [-0.2, -0.15) is 0 Å².